The zero-order valence-electron chi connectivity index (χ0n) is 20.1. The van der Waals surface area contributed by atoms with E-state index in [4.69, 9.17) is 23.7 Å². The zero-order chi connectivity index (χ0) is 25.0. The maximum Gasteiger partial charge on any atom is 0.295 e. The summed E-state index contributed by atoms with van der Waals surface area (Å²) in [6.45, 7) is 2.13. The van der Waals surface area contributed by atoms with Crippen molar-refractivity contribution in [2.24, 2.45) is 0 Å². The van der Waals surface area contributed by atoms with Gasteiger partial charge >= 0.3 is 0 Å². The minimum atomic E-state index is -0.898. The number of benzene rings is 2. The summed E-state index contributed by atoms with van der Waals surface area (Å²) in [4.78, 5) is 27.6. The van der Waals surface area contributed by atoms with E-state index in [0.29, 0.717) is 39.7 Å². The molecule has 1 aliphatic heterocycles. The molecule has 3 rings (SSSR count). The standard InChI is InChI=1S/C25H29NO8/c1-14-11-16(31-3)7-8-17(14)22(27)20-21(26(9-10-30-2)25(29)23(20)28)15-12-18(32-4)24(34-6)19(13-15)33-5/h7-8,11-13,21,27H,9-10H2,1-6H3/b22-20+. The summed E-state index contributed by atoms with van der Waals surface area (Å²) in [7, 11) is 7.48. The third kappa shape index (κ3) is 4.38. The molecule has 0 saturated carbocycles. The first-order chi connectivity index (χ1) is 16.3. The SMILES string of the molecule is COCCN1C(=O)C(=O)/C(=C(/O)c2ccc(OC)cc2C)C1c1cc(OC)c(OC)c(OC)c1. The van der Waals surface area contributed by atoms with Gasteiger partial charge in [0.1, 0.15) is 11.5 Å². The number of nitrogens with zero attached hydrogens (tertiary/aromatic N) is 1. The molecule has 182 valence electrons. The van der Waals surface area contributed by atoms with Gasteiger partial charge in [0.05, 0.1) is 46.7 Å². The van der Waals surface area contributed by atoms with Crippen molar-refractivity contribution in [1.82, 2.24) is 4.90 Å². The van der Waals surface area contributed by atoms with Crippen LogP contribution < -0.4 is 18.9 Å². The van der Waals surface area contributed by atoms with Crippen molar-refractivity contribution in [2.75, 3.05) is 48.7 Å². The lowest BCUT2D eigenvalue weighted by Crippen LogP contribution is -2.32. The van der Waals surface area contributed by atoms with Gasteiger partial charge in [0.15, 0.2) is 11.5 Å². The van der Waals surface area contributed by atoms with Crippen molar-refractivity contribution in [3.05, 3.63) is 52.6 Å². The summed E-state index contributed by atoms with van der Waals surface area (Å²) in [5.41, 5.74) is 1.58. The molecule has 2 aromatic carbocycles. The Morgan fingerprint density at radius 1 is 0.941 bits per heavy atom. The van der Waals surface area contributed by atoms with Crippen LogP contribution in [0.1, 0.15) is 22.7 Å². The van der Waals surface area contributed by atoms with E-state index in [1.54, 1.807) is 44.4 Å². The first kappa shape index (κ1) is 24.9. The van der Waals surface area contributed by atoms with Crippen molar-refractivity contribution >= 4 is 17.4 Å². The molecule has 1 N–H and O–H groups in total. The molecule has 0 aliphatic carbocycles. The molecule has 1 aliphatic rings. The summed E-state index contributed by atoms with van der Waals surface area (Å²) < 4.78 is 26.7. The molecule has 1 atom stereocenters. The maximum absolute atomic E-state index is 13.2. The van der Waals surface area contributed by atoms with Crippen LogP contribution in [-0.4, -0.2) is 70.4 Å². The lowest BCUT2D eigenvalue weighted by atomic mass is 9.93. The minimum absolute atomic E-state index is 0.0383. The van der Waals surface area contributed by atoms with Gasteiger partial charge in [-0.15, -0.1) is 0 Å². The highest BCUT2D eigenvalue weighted by Gasteiger charge is 2.46. The summed E-state index contributed by atoms with van der Waals surface area (Å²) in [6, 6.07) is 7.49. The zero-order valence-corrected chi connectivity index (χ0v) is 20.1. The Balaban J connectivity index is 2.28. The highest BCUT2D eigenvalue weighted by atomic mass is 16.5. The topological polar surface area (TPSA) is 104 Å². The van der Waals surface area contributed by atoms with Crippen LogP contribution in [0.3, 0.4) is 0 Å². The van der Waals surface area contributed by atoms with E-state index in [9.17, 15) is 14.7 Å². The van der Waals surface area contributed by atoms with Gasteiger partial charge in [0, 0.05) is 19.2 Å². The highest BCUT2D eigenvalue weighted by Crippen LogP contribution is 2.45. The van der Waals surface area contributed by atoms with Crippen LogP contribution in [0.5, 0.6) is 23.0 Å². The van der Waals surface area contributed by atoms with Crippen LogP contribution in [0.2, 0.25) is 0 Å². The molecule has 1 amide bonds. The number of ketones is 1. The Labute approximate surface area is 198 Å². The van der Waals surface area contributed by atoms with Gasteiger partial charge in [-0.3, -0.25) is 9.59 Å². The van der Waals surface area contributed by atoms with Crippen LogP contribution >= 0.6 is 0 Å². The van der Waals surface area contributed by atoms with Crippen LogP contribution in [0.25, 0.3) is 5.76 Å². The molecule has 0 spiro atoms. The predicted molar refractivity (Wildman–Crippen MR) is 125 cm³/mol. The van der Waals surface area contributed by atoms with Crippen molar-refractivity contribution in [1.29, 1.82) is 0 Å². The number of ether oxygens (including phenoxy) is 5. The van der Waals surface area contributed by atoms with Crippen LogP contribution in [0, 0.1) is 6.92 Å². The molecule has 1 fully saturated rings. The first-order valence-electron chi connectivity index (χ1n) is 10.5. The Morgan fingerprint density at radius 2 is 1.59 bits per heavy atom. The third-order valence-electron chi connectivity index (χ3n) is 5.77. The monoisotopic (exact) mass is 471 g/mol. The fraction of sp³-hybridized carbons (Fsp3) is 0.360. The number of rotatable bonds is 9. The first-order valence-corrected chi connectivity index (χ1v) is 10.5. The fourth-order valence-corrected chi connectivity index (χ4v) is 4.08. The molecule has 0 aromatic heterocycles. The van der Waals surface area contributed by atoms with Crippen molar-refractivity contribution < 1.29 is 38.4 Å². The van der Waals surface area contributed by atoms with E-state index in [1.165, 1.54) is 33.3 Å². The third-order valence-corrected chi connectivity index (χ3v) is 5.77. The molecule has 9 nitrogen and oxygen atoms in total. The predicted octanol–water partition coefficient (Wildman–Crippen LogP) is 3.10. The maximum atomic E-state index is 13.2. The van der Waals surface area contributed by atoms with Gasteiger partial charge in [0.25, 0.3) is 11.7 Å². The van der Waals surface area contributed by atoms with Crippen LogP contribution in [-0.2, 0) is 14.3 Å². The quantitative estimate of drug-likeness (QED) is 0.338. The van der Waals surface area contributed by atoms with E-state index >= 15 is 0 Å². The van der Waals surface area contributed by atoms with Gasteiger partial charge in [-0.1, -0.05) is 0 Å². The largest absolute Gasteiger partial charge is 0.507 e. The van der Waals surface area contributed by atoms with Crippen LogP contribution in [0.15, 0.2) is 35.9 Å². The molecule has 0 bridgehead atoms. The van der Waals surface area contributed by atoms with E-state index in [0.717, 1.165) is 0 Å². The van der Waals surface area contributed by atoms with Gasteiger partial charge < -0.3 is 33.7 Å². The summed E-state index contributed by atoms with van der Waals surface area (Å²) in [6.07, 6.45) is 0. The number of Topliss-reactive ketones (excluding diaryl/α,β-unsaturated/α-hetero) is 1. The average molecular weight is 472 g/mol. The Hall–Kier alpha value is -3.72. The highest BCUT2D eigenvalue weighted by molar-refractivity contribution is 6.46. The minimum Gasteiger partial charge on any atom is -0.507 e. The Morgan fingerprint density at radius 3 is 2.09 bits per heavy atom. The van der Waals surface area contributed by atoms with Crippen molar-refractivity contribution in [3.8, 4) is 23.0 Å². The number of hydrogen-bond donors (Lipinski definition) is 1. The summed E-state index contributed by atoms with van der Waals surface area (Å²) >= 11 is 0. The summed E-state index contributed by atoms with van der Waals surface area (Å²) in [5, 5.41) is 11.3. The second-order valence-electron chi connectivity index (χ2n) is 7.62. The lowest BCUT2D eigenvalue weighted by Gasteiger charge is -2.26. The smallest absolute Gasteiger partial charge is 0.295 e. The number of methoxy groups -OCH3 is 5. The summed E-state index contributed by atoms with van der Waals surface area (Å²) in [5.74, 6) is -0.114. The van der Waals surface area contributed by atoms with E-state index in [-0.39, 0.29) is 24.5 Å². The van der Waals surface area contributed by atoms with Gasteiger partial charge in [-0.25, -0.2) is 0 Å². The molecule has 0 radical (unpaired) electrons. The molecule has 9 heteroatoms. The van der Waals surface area contributed by atoms with Gasteiger partial charge in [-0.2, -0.15) is 0 Å². The molecular weight excluding hydrogens is 442 g/mol. The van der Waals surface area contributed by atoms with E-state index in [2.05, 4.69) is 0 Å². The number of aliphatic hydroxyl groups excluding tert-OH is 1. The Kier molecular flexibility index (Phi) is 7.68. The molecule has 1 unspecified atom stereocenters. The molecule has 1 heterocycles. The molecule has 2 aromatic rings. The molecule has 1 saturated heterocycles. The number of hydrogen-bond acceptors (Lipinski definition) is 8. The number of carbonyl (C=O) groups excluding carboxylic acids is 2. The van der Waals surface area contributed by atoms with Crippen molar-refractivity contribution in [3.63, 3.8) is 0 Å². The lowest BCUT2D eigenvalue weighted by molar-refractivity contribution is -0.140. The van der Waals surface area contributed by atoms with E-state index < -0.39 is 17.7 Å². The normalized spacial score (nSPS) is 17.1. The number of carbonyl (C=O) groups is 2. The second-order valence-corrected chi connectivity index (χ2v) is 7.62. The van der Waals surface area contributed by atoms with Gasteiger partial charge in [0.2, 0.25) is 5.75 Å². The Bertz CT molecular complexity index is 1100. The fourth-order valence-electron chi connectivity index (χ4n) is 4.08. The molecule has 34 heavy (non-hydrogen) atoms. The number of aryl methyl sites for hydroxylation is 1. The second kappa shape index (κ2) is 10.5. The van der Waals surface area contributed by atoms with Crippen molar-refractivity contribution in [2.45, 2.75) is 13.0 Å². The number of likely N-dealkylation sites (tertiary alicyclic amines) is 1. The van der Waals surface area contributed by atoms with Gasteiger partial charge in [-0.05, 0) is 48.4 Å². The average Bonchev–Trinajstić information content (AvgIpc) is 3.10. The van der Waals surface area contributed by atoms with E-state index in [1.807, 2.05) is 0 Å². The number of aliphatic hydroxyl groups is 1. The molecular formula is C25H29NO8. The van der Waals surface area contributed by atoms with Crippen LogP contribution in [0.4, 0.5) is 0 Å². The number of amides is 1.